The molecule has 4 rings (SSSR count). The van der Waals surface area contributed by atoms with Crippen molar-refractivity contribution in [3.05, 3.63) is 46.1 Å². The highest BCUT2D eigenvalue weighted by Gasteiger charge is 2.26. The number of hydrogen-bond donors (Lipinski definition) is 1. The van der Waals surface area contributed by atoms with Gasteiger partial charge in [-0.25, -0.2) is 0 Å². The summed E-state index contributed by atoms with van der Waals surface area (Å²) >= 11 is 1.47. The predicted molar refractivity (Wildman–Crippen MR) is 113 cm³/mol. The van der Waals surface area contributed by atoms with Gasteiger partial charge in [0.1, 0.15) is 5.00 Å². The normalized spacial score (nSPS) is 13.3. The molecule has 0 unspecified atom stereocenters. The number of amides is 1. The van der Waals surface area contributed by atoms with Crippen molar-refractivity contribution in [2.45, 2.75) is 20.0 Å². The van der Waals surface area contributed by atoms with Gasteiger partial charge in [-0.2, -0.15) is 4.98 Å². The zero-order chi connectivity index (χ0) is 21.1. The van der Waals surface area contributed by atoms with E-state index in [2.05, 4.69) is 15.5 Å². The zero-order valence-corrected chi connectivity index (χ0v) is 17.7. The molecule has 1 aliphatic heterocycles. The van der Waals surface area contributed by atoms with Crippen LogP contribution in [0.3, 0.4) is 0 Å². The van der Waals surface area contributed by atoms with E-state index in [4.69, 9.17) is 18.7 Å². The van der Waals surface area contributed by atoms with Crippen LogP contribution in [-0.4, -0.2) is 36.9 Å². The standard InChI is InChI=1S/C21H21N3O5S/c1-12-22-20(29-24-12)19-14-8-9-28-11-17(14)30-21(19)23-18(25)7-5-13-4-6-15(26-2)16(10-13)27-3/h4-7,10H,8-9,11H2,1-3H3,(H,23,25)/b7-5+. The third-order valence-electron chi connectivity index (χ3n) is 4.63. The molecule has 0 saturated heterocycles. The van der Waals surface area contributed by atoms with Crippen molar-refractivity contribution in [1.29, 1.82) is 0 Å². The van der Waals surface area contributed by atoms with Crippen LogP contribution in [0.5, 0.6) is 11.5 Å². The summed E-state index contributed by atoms with van der Waals surface area (Å²) in [5.74, 6) is 1.92. The maximum atomic E-state index is 12.6. The number of carbonyl (C=O) groups excluding carboxylic acids is 1. The van der Waals surface area contributed by atoms with E-state index >= 15 is 0 Å². The second-order valence-electron chi connectivity index (χ2n) is 6.59. The van der Waals surface area contributed by atoms with E-state index in [1.165, 1.54) is 17.4 Å². The zero-order valence-electron chi connectivity index (χ0n) is 16.9. The average Bonchev–Trinajstić information content (AvgIpc) is 3.34. The summed E-state index contributed by atoms with van der Waals surface area (Å²) in [6.07, 6.45) is 3.92. The van der Waals surface area contributed by atoms with E-state index in [0.717, 1.165) is 28.0 Å². The van der Waals surface area contributed by atoms with E-state index in [1.54, 1.807) is 39.4 Å². The molecule has 2 aromatic heterocycles. The van der Waals surface area contributed by atoms with Gasteiger partial charge in [-0.05, 0) is 42.7 Å². The average molecular weight is 427 g/mol. The fraction of sp³-hybridized carbons (Fsp3) is 0.286. The molecule has 1 aliphatic rings. The lowest BCUT2D eigenvalue weighted by Crippen LogP contribution is -2.09. The molecular weight excluding hydrogens is 406 g/mol. The van der Waals surface area contributed by atoms with Gasteiger partial charge in [-0.15, -0.1) is 11.3 Å². The molecule has 0 bridgehead atoms. The van der Waals surface area contributed by atoms with Gasteiger partial charge in [0.05, 0.1) is 33.0 Å². The molecule has 0 radical (unpaired) electrons. The summed E-state index contributed by atoms with van der Waals surface area (Å²) in [6, 6.07) is 5.44. The Hall–Kier alpha value is -3.17. The molecule has 3 aromatic rings. The number of anilines is 1. The lowest BCUT2D eigenvalue weighted by atomic mass is 10.1. The number of ether oxygens (including phenoxy) is 3. The molecule has 30 heavy (non-hydrogen) atoms. The summed E-state index contributed by atoms with van der Waals surface area (Å²) in [4.78, 5) is 18.0. The van der Waals surface area contributed by atoms with Crippen molar-refractivity contribution in [2.24, 2.45) is 0 Å². The topological polar surface area (TPSA) is 95.7 Å². The van der Waals surface area contributed by atoms with Gasteiger partial charge in [-0.3, -0.25) is 4.79 Å². The third kappa shape index (κ3) is 4.07. The summed E-state index contributed by atoms with van der Waals surface area (Å²) in [5, 5.41) is 7.51. The Bertz CT molecular complexity index is 1100. The minimum atomic E-state index is -0.262. The van der Waals surface area contributed by atoms with Crippen LogP contribution in [0.15, 0.2) is 28.8 Å². The SMILES string of the molecule is COc1ccc(/C=C/C(=O)Nc2sc3c(c2-c2nc(C)no2)CCOC3)cc1OC. The van der Waals surface area contributed by atoms with Gasteiger partial charge in [0.25, 0.3) is 5.89 Å². The maximum Gasteiger partial charge on any atom is 0.261 e. The van der Waals surface area contributed by atoms with Crippen molar-refractivity contribution in [1.82, 2.24) is 10.1 Å². The molecule has 0 saturated carbocycles. The smallest absolute Gasteiger partial charge is 0.261 e. The van der Waals surface area contributed by atoms with Gasteiger partial charge in [0.2, 0.25) is 5.91 Å². The monoisotopic (exact) mass is 427 g/mol. The fourth-order valence-corrected chi connectivity index (χ4v) is 4.41. The van der Waals surface area contributed by atoms with Gasteiger partial charge < -0.3 is 24.1 Å². The first kappa shape index (κ1) is 20.1. The molecule has 1 N–H and O–H groups in total. The molecule has 0 aliphatic carbocycles. The summed E-state index contributed by atoms with van der Waals surface area (Å²) in [6.45, 7) is 2.90. The Morgan fingerprint density at radius 2 is 2.10 bits per heavy atom. The number of rotatable bonds is 6. The number of fused-ring (bicyclic) bond motifs is 1. The number of nitrogens with one attached hydrogen (secondary N) is 1. The van der Waals surface area contributed by atoms with Crippen molar-refractivity contribution in [2.75, 3.05) is 26.1 Å². The second kappa shape index (κ2) is 8.68. The van der Waals surface area contributed by atoms with E-state index in [9.17, 15) is 4.79 Å². The Balaban J connectivity index is 1.58. The Kier molecular flexibility index (Phi) is 5.82. The molecular formula is C21H21N3O5S. The quantitative estimate of drug-likeness (QED) is 0.597. The lowest BCUT2D eigenvalue weighted by Gasteiger charge is -2.12. The molecule has 3 heterocycles. The van der Waals surface area contributed by atoms with Crippen molar-refractivity contribution in [3.8, 4) is 23.0 Å². The van der Waals surface area contributed by atoms with Crippen LogP contribution in [0.25, 0.3) is 17.5 Å². The van der Waals surface area contributed by atoms with Crippen molar-refractivity contribution in [3.63, 3.8) is 0 Å². The molecule has 8 nitrogen and oxygen atoms in total. The number of carbonyl (C=O) groups is 1. The number of hydrogen-bond acceptors (Lipinski definition) is 8. The maximum absolute atomic E-state index is 12.6. The third-order valence-corrected chi connectivity index (χ3v) is 5.75. The highest BCUT2D eigenvalue weighted by atomic mass is 32.1. The van der Waals surface area contributed by atoms with E-state index in [0.29, 0.717) is 41.4 Å². The first-order valence-electron chi connectivity index (χ1n) is 9.33. The number of nitrogens with zero attached hydrogens (tertiary/aromatic N) is 2. The summed E-state index contributed by atoms with van der Waals surface area (Å²) in [7, 11) is 3.15. The van der Waals surface area contributed by atoms with Gasteiger partial charge in [-0.1, -0.05) is 11.2 Å². The Morgan fingerprint density at radius 3 is 2.83 bits per heavy atom. The first-order chi connectivity index (χ1) is 14.6. The van der Waals surface area contributed by atoms with E-state index < -0.39 is 0 Å². The molecule has 0 atom stereocenters. The largest absolute Gasteiger partial charge is 0.493 e. The van der Waals surface area contributed by atoms with Crippen LogP contribution < -0.4 is 14.8 Å². The minimum absolute atomic E-state index is 0.262. The molecule has 9 heteroatoms. The number of benzene rings is 1. The highest BCUT2D eigenvalue weighted by Crippen LogP contribution is 2.42. The number of aromatic nitrogens is 2. The van der Waals surface area contributed by atoms with Crippen LogP contribution in [-0.2, 0) is 22.6 Å². The fourth-order valence-electron chi connectivity index (χ4n) is 3.23. The highest BCUT2D eigenvalue weighted by molar-refractivity contribution is 7.17. The van der Waals surface area contributed by atoms with Crippen LogP contribution in [0.1, 0.15) is 21.8 Å². The minimum Gasteiger partial charge on any atom is -0.493 e. The van der Waals surface area contributed by atoms with Crippen molar-refractivity contribution >= 4 is 28.3 Å². The summed E-state index contributed by atoms with van der Waals surface area (Å²) < 4.78 is 21.5. The second-order valence-corrected chi connectivity index (χ2v) is 7.70. The van der Waals surface area contributed by atoms with Crippen LogP contribution in [0.4, 0.5) is 5.00 Å². The van der Waals surface area contributed by atoms with E-state index in [-0.39, 0.29) is 5.91 Å². The number of methoxy groups -OCH3 is 2. The molecule has 1 aromatic carbocycles. The first-order valence-corrected chi connectivity index (χ1v) is 10.1. The van der Waals surface area contributed by atoms with E-state index in [1.807, 2.05) is 6.07 Å². The Labute approximate surface area is 177 Å². The van der Waals surface area contributed by atoms with Crippen molar-refractivity contribution < 1.29 is 23.5 Å². The van der Waals surface area contributed by atoms with Crippen LogP contribution in [0.2, 0.25) is 0 Å². The predicted octanol–water partition coefficient (Wildman–Crippen LogP) is 3.85. The van der Waals surface area contributed by atoms with Crippen LogP contribution in [0, 0.1) is 6.92 Å². The van der Waals surface area contributed by atoms with Gasteiger partial charge in [0, 0.05) is 11.0 Å². The molecule has 0 fully saturated rings. The summed E-state index contributed by atoms with van der Waals surface area (Å²) in [5.41, 5.74) is 2.69. The van der Waals surface area contributed by atoms with Gasteiger partial charge >= 0.3 is 0 Å². The number of aryl methyl sites for hydroxylation is 1. The molecule has 0 spiro atoms. The van der Waals surface area contributed by atoms with Gasteiger partial charge in [0.15, 0.2) is 17.3 Å². The van der Waals surface area contributed by atoms with Crippen LogP contribution >= 0.6 is 11.3 Å². The molecule has 1 amide bonds. The lowest BCUT2D eigenvalue weighted by molar-refractivity contribution is -0.111. The number of thiophene rings is 1. The Morgan fingerprint density at radius 1 is 1.27 bits per heavy atom. The molecule has 156 valence electrons.